The van der Waals surface area contributed by atoms with Crippen LogP contribution in [0.4, 0.5) is 4.39 Å². The van der Waals surface area contributed by atoms with E-state index in [-0.39, 0.29) is 12.5 Å². The van der Waals surface area contributed by atoms with E-state index in [0.29, 0.717) is 17.6 Å². The minimum Gasteiger partial charge on any atom is -0.379 e. The number of hydrogen-bond donors (Lipinski definition) is 2. The minimum absolute atomic E-state index is 0.0897. The number of morpholine rings is 1. The second-order valence-electron chi connectivity index (χ2n) is 5.48. The highest BCUT2D eigenvalue weighted by molar-refractivity contribution is 5.80. The topological polar surface area (TPSA) is 79.4 Å². The molecule has 0 unspecified atom stereocenters. The zero-order valence-electron chi connectivity index (χ0n) is 12.7. The Balaban J connectivity index is 1.57. The first-order valence-corrected chi connectivity index (χ1v) is 7.58. The zero-order chi connectivity index (χ0) is 16.2. The first kappa shape index (κ1) is 15.7. The predicted molar refractivity (Wildman–Crippen MR) is 82.8 cm³/mol. The normalized spacial score (nSPS) is 15.9. The first-order chi connectivity index (χ1) is 11.1. The Bertz CT molecular complexity index is 749. The van der Waals surface area contributed by atoms with Crippen LogP contribution in [0.2, 0.25) is 0 Å². The summed E-state index contributed by atoms with van der Waals surface area (Å²) in [6.45, 7) is 4.35. The molecule has 0 bridgehead atoms. The number of amides is 1. The summed E-state index contributed by atoms with van der Waals surface area (Å²) in [6, 6.07) is 4.00. The highest BCUT2D eigenvalue weighted by atomic mass is 19.1. The average molecular weight is 322 g/mol. The number of aromatic amines is 1. The van der Waals surface area contributed by atoms with Crippen molar-refractivity contribution in [1.29, 1.82) is 0 Å². The summed E-state index contributed by atoms with van der Waals surface area (Å²) in [6.07, 6.45) is 0. The maximum atomic E-state index is 13.2. The molecule has 0 radical (unpaired) electrons. The van der Waals surface area contributed by atoms with Crippen molar-refractivity contribution in [2.75, 3.05) is 39.4 Å². The van der Waals surface area contributed by atoms with Crippen LogP contribution in [0.25, 0.3) is 11.0 Å². The molecule has 7 nitrogen and oxygen atoms in total. The molecule has 2 N–H and O–H groups in total. The van der Waals surface area contributed by atoms with E-state index in [1.807, 2.05) is 0 Å². The van der Waals surface area contributed by atoms with Crippen molar-refractivity contribution in [2.24, 2.45) is 0 Å². The number of H-pyrrole nitrogens is 1. The minimum atomic E-state index is -0.430. The predicted octanol–water partition coefficient (Wildman–Crippen LogP) is -0.0829. The molecule has 2 heterocycles. The fraction of sp³-hybridized carbons (Fsp3) is 0.467. The van der Waals surface area contributed by atoms with Gasteiger partial charge in [0.2, 0.25) is 5.91 Å². The molecule has 1 aliphatic heterocycles. The number of benzene rings is 1. The van der Waals surface area contributed by atoms with Crippen molar-refractivity contribution in [3.05, 3.63) is 34.5 Å². The number of imidazole rings is 1. The lowest BCUT2D eigenvalue weighted by atomic mass is 10.3. The first-order valence-electron chi connectivity index (χ1n) is 7.58. The molecule has 1 aromatic heterocycles. The highest BCUT2D eigenvalue weighted by Crippen LogP contribution is 2.11. The number of carbonyl (C=O) groups excluding carboxylic acids is 1. The summed E-state index contributed by atoms with van der Waals surface area (Å²) in [7, 11) is 0. The molecule has 1 fully saturated rings. The van der Waals surface area contributed by atoms with E-state index in [1.165, 1.54) is 22.8 Å². The molecule has 124 valence electrons. The van der Waals surface area contributed by atoms with E-state index in [2.05, 4.69) is 15.2 Å². The van der Waals surface area contributed by atoms with Gasteiger partial charge in [-0.15, -0.1) is 0 Å². The summed E-state index contributed by atoms with van der Waals surface area (Å²) in [5.41, 5.74) is 0.477. The second kappa shape index (κ2) is 6.93. The highest BCUT2D eigenvalue weighted by Gasteiger charge is 2.13. The lowest BCUT2D eigenvalue weighted by Gasteiger charge is -2.26. The van der Waals surface area contributed by atoms with Gasteiger partial charge in [0.1, 0.15) is 12.4 Å². The smallest absolute Gasteiger partial charge is 0.326 e. The molecule has 1 aliphatic rings. The second-order valence-corrected chi connectivity index (χ2v) is 5.48. The Morgan fingerprint density at radius 2 is 2.13 bits per heavy atom. The van der Waals surface area contributed by atoms with E-state index < -0.39 is 11.5 Å². The van der Waals surface area contributed by atoms with Crippen molar-refractivity contribution < 1.29 is 13.9 Å². The van der Waals surface area contributed by atoms with Crippen LogP contribution >= 0.6 is 0 Å². The van der Waals surface area contributed by atoms with Gasteiger partial charge >= 0.3 is 5.69 Å². The number of nitrogens with one attached hydrogen (secondary N) is 2. The van der Waals surface area contributed by atoms with Crippen molar-refractivity contribution >= 4 is 16.9 Å². The number of carbonyl (C=O) groups is 1. The standard InChI is InChI=1S/C15H19FN4O3/c16-11-1-2-13-12(9-11)18-15(22)20(13)10-14(21)17-3-4-19-5-7-23-8-6-19/h1-2,9H,3-8,10H2,(H,17,21)(H,18,22). The Morgan fingerprint density at radius 1 is 1.35 bits per heavy atom. The van der Waals surface area contributed by atoms with Crippen LogP contribution in [-0.2, 0) is 16.1 Å². The van der Waals surface area contributed by atoms with Gasteiger partial charge in [0.25, 0.3) is 0 Å². The fourth-order valence-corrected chi connectivity index (χ4v) is 2.67. The van der Waals surface area contributed by atoms with Gasteiger partial charge in [-0.1, -0.05) is 0 Å². The summed E-state index contributed by atoms with van der Waals surface area (Å²) in [4.78, 5) is 28.7. The molecule has 1 aromatic carbocycles. The molecule has 8 heteroatoms. The number of halogens is 1. The van der Waals surface area contributed by atoms with E-state index >= 15 is 0 Å². The number of nitrogens with zero attached hydrogens (tertiary/aromatic N) is 2. The third-order valence-electron chi connectivity index (χ3n) is 3.89. The molecule has 2 aromatic rings. The number of aromatic nitrogens is 2. The zero-order valence-corrected chi connectivity index (χ0v) is 12.7. The van der Waals surface area contributed by atoms with Gasteiger partial charge in [-0.2, -0.15) is 0 Å². The molecular weight excluding hydrogens is 303 g/mol. The van der Waals surface area contributed by atoms with Crippen LogP contribution in [-0.4, -0.2) is 59.8 Å². The summed E-state index contributed by atoms with van der Waals surface area (Å²) >= 11 is 0. The Hall–Kier alpha value is -2.19. The molecule has 0 saturated carbocycles. The van der Waals surface area contributed by atoms with Crippen molar-refractivity contribution in [3.63, 3.8) is 0 Å². The molecule has 23 heavy (non-hydrogen) atoms. The lowest BCUT2D eigenvalue weighted by Crippen LogP contribution is -2.42. The third-order valence-corrected chi connectivity index (χ3v) is 3.89. The van der Waals surface area contributed by atoms with E-state index in [1.54, 1.807) is 0 Å². The van der Waals surface area contributed by atoms with Crippen LogP contribution in [0.5, 0.6) is 0 Å². The van der Waals surface area contributed by atoms with Gasteiger partial charge in [0.15, 0.2) is 0 Å². The van der Waals surface area contributed by atoms with Gasteiger partial charge in [0, 0.05) is 26.2 Å². The van der Waals surface area contributed by atoms with E-state index in [9.17, 15) is 14.0 Å². The van der Waals surface area contributed by atoms with Crippen LogP contribution < -0.4 is 11.0 Å². The molecule has 1 saturated heterocycles. The molecule has 0 spiro atoms. The van der Waals surface area contributed by atoms with Crippen LogP contribution in [0.1, 0.15) is 0 Å². The maximum Gasteiger partial charge on any atom is 0.326 e. The fourth-order valence-electron chi connectivity index (χ4n) is 2.67. The number of hydrogen-bond acceptors (Lipinski definition) is 4. The van der Waals surface area contributed by atoms with Gasteiger partial charge in [0.05, 0.1) is 24.2 Å². The van der Waals surface area contributed by atoms with Crippen molar-refractivity contribution in [3.8, 4) is 0 Å². The summed E-state index contributed by atoms with van der Waals surface area (Å²) in [5.74, 6) is -0.675. The van der Waals surface area contributed by atoms with Crippen molar-refractivity contribution in [2.45, 2.75) is 6.54 Å². The third kappa shape index (κ3) is 3.77. The van der Waals surface area contributed by atoms with E-state index in [0.717, 1.165) is 32.8 Å². The SMILES string of the molecule is O=C(Cn1c(=O)[nH]c2cc(F)ccc21)NCCN1CCOCC1. The molecule has 1 amide bonds. The van der Waals surface area contributed by atoms with Gasteiger partial charge in [-0.25, -0.2) is 9.18 Å². The molecule has 0 aliphatic carbocycles. The van der Waals surface area contributed by atoms with Crippen molar-refractivity contribution in [1.82, 2.24) is 19.8 Å². The quantitative estimate of drug-likeness (QED) is 0.807. The summed E-state index contributed by atoms with van der Waals surface area (Å²) < 4.78 is 19.7. The Morgan fingerprint density at radius 3 is 2.91 bits per heavy atom. The van der Waals surface area contributed by atoms with E-state index in [4.69, 9.17) is 4.74 Å². The van der Waals surface area contributed by atoms with Crippen LogP contribution in [0, 0.1) is 5.82 Å². The monoisotopic (exact) mass is 322 g/mol. The molecular formula is C15H19FN4O3. The molecule has 0 atom stereocenters. The Labute approximate surface area is 132 Å². The summed E-state index contributed by atoms with van der Waals surface area (Å²) in [5, 5.41) is 2.80. The largest absolute Gasteiger partial charge is 0.379 e. The van der Waals surface area contributed by atoms with Gasteiger partial charge in [-0.05, 0) is 18.2 Å². The lowest BCUT2D eigenvalue weighted by molar-refractivity contribution is -0.121. The Kier molecular flexibility index (Phi) is 4.73. The number of ether oxygens (including phenoxy) is 1. The average Bonchev–Trinajstić information content (AvgIpc) is 2.83. The van der Waals surface area contributed by atoms with Gasteiger partial charge in [-0.3, -0.25) is 14.3 Å². The number of fused-ring (bicyclic) bond motifs is 1. The van der Waals surface area contributed by atoms with Gasteiger partial charge < -0.3 is 15.0 Å². The van der Waals surface area contributed by atoms with Crippen LogP contribution in [0.15, 0.2) is 23.0 Å². The molecule has 3 rings (SSSR count). The number of rotatable bonds is 5. The maximum absolute atomic E-state index is 13.2. The van der Waals surface area contributed by atoms with Crippen LogP contribution in [0.3, 0.4) is 0 Å².